The van der Waals surface area contributed by atoms with E-state index in [2.05, 4.69) is 15.0 Å². The highest BCUT2D eigenvalue weighted by atomic mass is 35.5. The fourth-order valence-corrected chi connectivity index (χ4v) is 3.57. The van der Waals surface area contributed by atoms with Gasteiger partial charge in [0.1, 0.15) is 4.90 Å². The van der Waals surface area contributed by atoms with Crippen molar-refractivity contribution in [3.05, 3.63) is 46.2 Å². The molecule has 0 aliphatic heterocycles. The zero-order chi connectivity index (χ0) is 15.6. The predicted molar refractivity (Wildman–Crippen MR) is 85.8 cm³/mol. The number of nitrogens with zero attached hydrogens (tertiary/aromatic N) is 1. The van der Waals surface area contributed by atoms with Crippen molar-refractivity contribution in [1.29, 1.82) is 0 Å². The van der Waals surface area contributed by atoms with Gasteiger partial charge in [-0.1, -0.05) is 29.3 Å². The second kappa shape index (κ2) is 6.09. The summed E-state index contributed by atoms with van der Waals surface area (Å²) in [4.78, 5) is 3.85. The van der Waals surface area contributed by atoms with Crippen LogP contribution in [-0.2, 0) is 10.0 Å². The Labute approximate surface area is 133 Å². The maximum absolute atomic E-state index is 12.5. The number of aryl methyl sites for hydroxylation is 1. The molecule has 0 radical (unpaired) electrons. The number of hydrogen-bond donors (Lipinski definition) is 2. The van der Waals surface area contributed by atoms with Crippen molar-refractivity contribution < 1.29 is 8.42 Å². The van der Waals surface area contributed by atoms with E-state index in [1.165, 1.54) is 12.4 Å². The van der Waals surface area contributed by atoms with Crippen LogP contribution in [0.15, 0.2) is 35.5 Å². The highest BCUT2D eigenvalue weighted by Gasteiger charge is 2.21. The number of sulfonamides is 1. The zero-order valence-electron chi connectivity index (χ0n) is 11.3. The van der Waals surface area contributed by atoms with Gasteiger partial charge in [0.05, 0.1) is 21.4 Å². The number of aromatic nitrogens is 1. The Morgan fingerprint density at radius 2 is 1.90 bits per heavy atom. The van der Waals surface area contributed by atoms with Gasteiger partial charge in [-0.2, -0.15) is 0 Å². The lowest BCUT2D eigenvalue weighted by atomic mass is 10.2. The van der Waals surface area contributed by atoms with Crippen LogP contribution in [0.4, 0.5) is 11.4 Å². The van der Waals surface area contributed by atoms with E-state index in [0.717, 1.165) is 5.56 Å². The summed E-state index contributed by atoms with van der Waals surface area (Å²) in [6.07, 6.45) is 2.75. The van der Waals surface area contributed by atoms with E-state index in [9.17, 15) is 8.42 Å². The van der Waals surface area contributed by atoms with Gasteiger partial charge in [0.25, 0.3) is 10.0 Å². The second-order valence-electron chi connectivity index (χ2n) is 4.28. The fraction of sp³-hybridized carbons (Fsp3) is 0.154. The van der Waals surface area contributed by atoms with Gasteiger partial charge >= 0.3 is 0 Å². The van der Waals surface area contributed by atoms with Crippen LogP contribution >= 0.6 is 23.2 Å². The van der Waals surface area contributed by atoms with E-state index in [0.29, 0.717) is 5.69 Å². The van der Waals surface area contributed by atoms with Gasteiger partial charge in [0, 0.05) is 19.4 Å². The smallest absolute Gasteiger partial charge is 0.265 e. The number of halogens is 2. The molecule has 2 aromatic rings. The minimum absolute atomic E-state index is 0.0149. The summed E-state index contributed by atoms with van der Waals surface area (Å²) in [5, 5.41) is 3.29. The molecule has 0 saturated heterocycles. The highest BCUT2D eigenvalue weighted by Crippen LogP contribution is 2.35. The van der Waals surface area contributed by atoms with Crippen LogP contribution < -0.4 is 10.0 Å². The van der Waals surface area contributed by atoms with E-state index in [1.54, 1.807) is 32.2 Å². The summed E-state index contributed by atoms with van der Waals surface area (Å²) in [7, 11) is -2.24. The van der Waals surface area contributed by atoms with E-state index in [1.807, 2.05) is 0 Å². The van der Waals surface area contributed by atoms with Crippen molar-refractivity contribution in [3.8, 4) is 0 Å². The Hall–Kier alpha value is -1.50. The molecule has 0 aliphatic carbocycles. The molecule has 0 saturated carbocycles. The molecule has 0 amide bonds. The van der Waals surface area contributed by atoms with Crippen LogP contribution in [0.1, 0.15) is 5.56 Å². The van der Waals surface area contributed by atoms with Gasteiger partial charge < -0.3 is 5.32 Å². The number of pyridine rings is 1. The summed E-state index contributed by atoms with van der Waals surface area (Å²) in [6.45, 7) is 1.76. The van der Waals surface area contributed by atoms with E-state index in [4.69, 9.17) is 23.2 Å². The number of nitrogens with one attached hydrogen (secondary N) is 2. The molecule has 2 rings (SSSR count). The lowest BCUT2D eigenvalue weighted by molar-refractivity contribution is 0.601. The summed E-state index contributed by atoms with van der Waals surface area (Å²) in [5.74, 6) is 0. The third kappa shape index (κ3) is 3.23. The first-order valence-corrected chi connectivity index (χ1v) is 8.20. The molecule has 1 aromatic heterocycles. The molecule has 0 bridgehead atoms. The van der Waals surface area contributed by atoms with Crippen LogP contribution in [-0.4, -0.2) is 20.4 Å². The molecule has 0 unspecified atom stereocenters. The molecular weight excluding hydrogens is 333 g/mol. The topological polar surface area (TPSA) is 71.1 Å². The van der Waals surface area contributed by atoms with Gasteiger partial charge in [0.2, 0.25) is 0 Å². The highest BCUT2D eigenvalue weighted by molar-refractivity contribution is 7.93. The average molecular weight is 346 g/mol. The zero-order valence-corrected chi connectivity index (χ0v) is 13.6. The number of hydrogen-bond acceptors (Lipinski definition) is 4. The van der Waals surface area contributed by atoms with E-state index in [-0.39, 0.29) is 20.6 Å². The molecular formula is C13H13Cl2N3O2S. The normalized spacial score (nSPS) is 11.2. The van der Waals surface area contributed by atoms with Crippen LogP contribution in [0.3, 0.4) is 0 Å². The van der Waals surface area contributed by atoms with Gasteiger partial charge in [-0.15, -0.1) is 0 Å². The van der Waals surface area contributed by atoms with Gasteiger partial charge in [-0.3, -0.25) is 9.71 Å². The Morgan fingerprint density at radius 1 is 1.19 bits per heavy atom. The quantitative estimate of drug-likeness (QED) is 0.888. The van der Waals surface area contributed by atoms with E-state index < -0.39 is 10.0 Å². The lowest BCUT2D eigenvalue weighted by Crippen LogP contribution is -2.16. The summed E-state index contributed by atoms with van der Waals surface area (Å²) in [6, 6.07) is 4.86. The lowest BCUT2D eigenvalue weighted by Gasteiger charge is -2.14. The van der Waals surface area contributed by atoms with Gasteiger partial charge in [-0.25, -0.2) is 8.42 Å². The first kappa shape index (κ1) is 15.9. The molecule has 1 aromatic carbocycles. The van der Waals surface area contributed by atoms with Crippen molar-refractivity contribution >= 4 is 44.6 Å². The van der Waals surface area contributed by atoms with Crippen LogP contribution in [0.25, 0.3) is 0 Å². The first-order chi connectivity index (χ1) is 9.86. The number of anilines is 2. The third-order valence-corrected chi connectivity index (χ3v) is 5.04. The molecule has 0 aliphatic rings. The minimum atomic E-state index is -3.86. The van der Waals surface area contributed by atoms with Gasteiger partial charge in [-0.05, 0) is 24.6 Å². The molecule has 21 heavy (non-hydrogen) atoms. The van der Waals surface area contributed by atoms with Crippen molar-refractivity contribution in [1.82, 2.24) is 4.98 Å². The SMILES string of the molecule is CNc1ccncc1S(=O)(=O)Nc1c(Cl)ccc(C)c1Cl. The molecule has 2 N–H and O–H groups in total. The molecule has 112 valence electrons. The third-order valence-electron chi connectivity index (χ3n) is 2.86. The van der Waals surface area contributed by atoms with E-state index >= 15 is 0 Å². The molecule has 8 heteroatoms. The maximum atomic E-state index is 12.5. The number of rotatable bonds is 4. The second-order valence-corrected chi connectivity index (χ2v) is 6.72. The van der Waals surface area contributed by atoms with Crippen LogP contribution in [0.2, 0.25) is 10.0 Å². The average Bonchev–Trinajstić information content (AvgIpc) is 2.47. The standard InChI is InChI=1S/C13H13Cl2N3O2S/c1-8-3-4-9(14)13(12(8)15)18-21(19,20)11-7-17-6-5-10(11)16-2/h3-7,18H,1-2H3,(H,16,17). The summed E-state index contributed by atoms with van der Waals surface area (Å²) >= 11 is 12.1. The van der Waals surface area contributed by atoms with Crippen molar-refractivity contribution in [2.45, 2.75) is 11.8 Å². The summed E-state index contributed by atoms with van der Waals surface area (Å²) < 4.78 is 27.4. The minimum Gasteiger partial charge on any atom is -0.387 e. The van der Waals surface area contributed by atoms with Gasteiger partial charge in [0.15, 0.2) is 0 Å². The largest absolute Gasteiger partial charge is 0.387 e. The van der Waals surface area contributed by atoms with Crippen molar-refractivity contribution in [3.63, 3.8) is 0 Å². The molecule has 0 atom stereocenters. The Bertz CT molecular complexity index is 779. The van der Waals surface area contributed by atoms with Crippen molar-refractivity contribution in [2.75, 3.05) is 17.1 Å². The summed E-state index contributed by atoms with van der Waals surface area (Å²) in [5.41, 5.74) is 1.31. The maximum Gasteiger partial charge on any atom is 0.265 e. The number of benzene rings is 1. The fourth-order valence-electron chi connectivity index (χ4n) is 1.74. The molecule has 0 fully saturated rings. The van der Waals surface area contributed by atoms with Crippen LogP contribution in [0, 0.1) is 6.92 Å². The van der Waals surface area contributed by atoms with Crippen LogP contribution in [0.5, 0.6) is 0 Å². The molecule has 5 nitrogen and oxygen atoms in total. The monoisotopic (exact) mass is 345 g/mol. The predicted octanol–water partition coefficient (Wildman–Crippen LogP) is 3.54. The Morgan fingerprint density at radius 3 is 2.57 bits per heavy atom. The Balaban J connectivity index is 2.50. The molecule has 0 spiro atoms. The molecule has 1 heterocycles. The Kier molecular flexibility index (Phi) is 4.61. The first-order valence-electron chi connectivity index (χ1n) is 5.96. The van der Waals surface area contributed by atoms with Crippen molar-refractivity contribution in [2.24, 2.45) is 0 Å².